The SMILES string of the molecule is CC1CCCC(CO)(CC(=O)O)C1. The minimum atomic E-state index is -0.789. The molecule has 1 fully saturated rings. The average molecular weight is 186 g/mol. The van der Waals surface area contributed by atoms with Crippen molar-refractivity contribution >= 4 is 5.97 Å². The van der Waals surface area contributed by atoms with E-state index in [9.17, 15) is 9.90 Å². The first kappa shape index (κ1) is 10.5. The number of aliphatic hydroxyl groups is 1. The van der Waals surface area contributed by atoms with Gasteiger partial charge in [0.05, 0.1) is 6.42 Å². The second kappa shape index (κ2) is 4.09. The van der Waals surface area contributed by atoms with E-state index in [2.05, 4.69) is 6.92 Å². The monoisotopic (exact) mass is 186 g/mol. The zero-order valence-corrected chi connectivity index (χ0v) is 8.12. The van der Waals surface area contributed by atoms with Crippen LogP contribution in [0, 0.1) is 11.3 Å². The second-order valence-electron chi connectivity index (χ2n) is 4.43. The molecule has 0 aromatic rings. The van der Waals surface area contributed by atoms with Gasteiger partial charge in [0, 0.05) is 12.0 Å². The molecule has 0 spiro atoms. The van der Waals surface area contributed by atoms with Gasteiger partial charge in [-0.1, -0.05) is 19.8 Å². The van der Waals surface area contributed by atoms with Crippen LogP contribution in [0.2, 0.25) is 0 Å². The lowest BCUT2D eigenvalue weighted by atomic mass is 9.69. The van der Waals surface area contributed by atoms with E-state index in [4.69, 9.17) is 5.11 Å². The summed E-state index contributed by atoms with van der Waals surface area (Å²) in [5.41, 5.74) is -0.330. The van der Waals surface area contributed by atoms with E-state index in [1.165, 1.54) is 6.42 Å². The number of aliphatic carboxylic acids is 1. The molecule has 2 N–H and O–H groups in total. The van der Waals surface area contributed by atoms with Crippen LogP contribution in [0.1, 0.15) is 39.0 Å². The highest BCUT2D eigenvalue weighted by atomic mass is 16.4. The fraction of sp³-hybridized carbons (Fsp3) is 0.900. The Morgan fingerprint density at radius 1 is 1.62 bits per heavy atom. The predicted molar refractivity (Wildman–Crippen MR) is 49.4 cm³/mol. The summed E-state index contributed by atoms with van der Waals surface area (Å²) < 4.78 is 0. The molecule has 1 aliphatic rings. The smallest absolute Gasteiger partial charge is 0.303 e. The maximum atomic E-state index is 10.6. The molecule has 0 amide bonds. The van der Waals surface area contributed by atoms with E-state index in [-0.39, 0.29) is 18.4 Å². The van der Waals surface area contributed by atoms with E-state index in [0.29, 0.717) is 5.92 Å². The summed E-state index contributed by atoms with van der Waals surface area (Å²) in [4.78, 5) is 10.6. The molecule has 0 heterocycles. The van der Waals surface area contributed by atoms with Crippen molar-refractivity contribution in [1.29, 1.82) is 0 Å². The molecule has 3 nitrogen and oxygen atoms in total. The quantitative estimate of drug-likeness (QED) is 0.704. The molecule has 1 rings (SSSR count). The normalized spacial score (nSPS) is 34.5. The Kier molecular flexibility index (Phi) is 3.31. The topological polar surface area (TPSA) is 57.5 Å². The second-order valence-corrected chi connectivity index (χ2v) is 4.43. The molecule has 13 heavy (non-hydrogen) atoms. The first-order valence-corrected chi connectivity index (χ1v) is 4.91. The van der Waals surface area contributed by atoms with Crippen LogP contribution in [0.25, 0.3) is 0 Å². The van der Waals surface area contributed by atoms with E-state index in [0.717, 1.165) is 19.3 Å². The zero-order valence-electron chi connectivity index (χ0n) is 8.12. The van der Waals surface area contributed by atoms with Gasteiger partial charge in [0.2, 0.25) is 0 Å². The van der Waals surface area contributed by atoms with Crippen molar-refractivity contribution in [3.63, 3.8) is 0 Å². The third kappa shape index (κ3) is 2.69. The van der Waals surface area contributed by atoms with Gasteiger partial charge >= 0.3 is 5.97 Å². The molecule has 2 unspecified atom stereocenters. The molecule has 1 aliphatic carbocycles. The number of carboxylic acid groups (broad SMARTS) is 1. The molecule has 0 bridgehead atoms. The highest BCUT2D eigenvalue weighted by Crippen LogP contribution is 2.41. The number of carbonyl (C=O) groups is 1. The molecule has 76 valence electrons. The Morgan fingerprint density at radius 2 is 2.31 bits per heavy atom. The van der Waals surface area contributed by atoms with Crippen LogP contribution < -0.4 is 0 Å². The minimum absolute atomic E-state index is 0.0175. The van der Waals surface area contributed by atoms with Gasteiger partial charge < -0.3 is 10.2 Å². The van der Waals surface area contributed by atoms with E-state index in [1.807, 2.05) is 0 Å². The highest BCUT2D eigenvalue weighted by Gasteiger charge is 2.36. The van der Waals surface area contributed by atoms with Crippen LogP contribution in [-0.2, 0) is 4.79 Å². The standard InChI is InChI=1S/C10H18O3/c1-8-3-2-4-10(5-8,7-11)6-9(12)13/h8,11H,2-7H2,1H3,(H,12,13). The maximum absolute atomic E-state index is 10.6. The van der Waals surface area contributed by atoms with Gasteiger partial charge in [0.15, 0.2) is 0 Å². The van der Waals surface area contributed by atoms with Gasteiger partial charge in [-0.15, -0.1) is 0 Å². The molecule has 0 aromatic heterocycles. The van der Waals surface area contributed by atoms with Crippen molar-refractivity contribution in [1.82, 2.24) is 0 Å². The number of hydrogen-bond acceptors (Lipinski definition) is 2. The lowest BCUT2D eigenvalue weighted by molar-refractivity contribution is -0.141. The zero-order chi connectivity index (χ0) is 9.90. The number of rotatable bonds is 3. The molecule has 0 aromatic carbocycles. The average Bonchev–Trinajstić information content (AvgIpc) is 2.03. The van der Waals surface area contributed by atoms with Crippen molar-refractivity contribution in [3.05, 3.63) is 0 Å². The lowest BCUT2D eigenvalue weighted by Crippen LogP contribution is -2.33. The van der Waals surface area contributed by atoms with Gasteiger partial charge in [-0.05, 0) is 18.8 Å². The molecular formula is C10H18O3. The Morgan fingerprint density at radius 3 is 2.77 bits per heavy atom. The Balaban J connectivity index is 2.61. The first-order valence-electron chi connectivity index (χ1n) is 4.91. The number of aliphatic hydroxyl groups excluding tert-OH is 1. The molecule has 2 atom stereocenters. The number of carboxylic acids is 1. The molecule has 0 saturated heterocycles. The van der Waals surface area contributed by atoms with E-state index < -0.39 is 5.97 Å². The number of hydrogen-bond donors (Lipinski definition) is 2. The van der Waals surface area contributed by atoms with Crippen LogP contribution >= 0.6 is 0 Å². The van der Waals surface area contributed by atoms with Gasteiger partial charge in [-0.25, -0.2) is 0 Å². The molecular weight excluding hydrogens is 168 g/mol. The first-order chi connectivity index (χ1) is 6.08. The van der Waals surface area contributed by atoms with Crippen molar-refractivity contribution < 1.29 is 15.0 Å². The summed E-state index contributed by atoms with van der Waals surface area (Å²) in [6.07, 6.45) is 4.06. The summed E-state index contributed by atoms with van der Waals surface area (Å²) >= 11 is 0. The van der Waals surface area contributed by atoms with Gasteiger partial charge in [0.1, 0.15) is 0 Å². The third-order valence-corrected chi connectivity index (χ3v) is 3.05. The molecule has 0 aliphatic heterocycles. The molecule has 1 saturated carbocycles. The van der Waals surface area contributed by atoms with Crippen LogP contribution in [0.5, 0.6) is 0 Å². The largest absolute Gasteiger partial charge is 0.481 e. The Bertz CT molecular complexity index is 191. The van der Waals surface area contributed by atoms with Crippen LogP contribution in [0.4, 0.5) is 0 Å². The third-order valence-electron chi connectivity index (χ3n) is 3.05. The fourth-order valence-electron chi connectivity index (χ4n) is 2.45. The highest BCUT2D eigenvalue weighted by molar-refractivity contribution is 5.67. The summed E-state index contributed by atoms with van der Waals surface area (Å²) in [6.45, 7) is 2.15. The Hall–Kier alpha value is -0.570. The van der Waals surface area contributed by atoms with E-state index >= 15 is 0 Å². The predicted octanol–water partition coefficient (Wildman–Crippen LogP) is 1.65. The summed E-state index contributed by atoms with van der Waals surface area (Å²) in [6, 6.07) is 0. The van der Waals surface area contributed by atoms with Gasteiger partial charge in [-0.2, -0.15) is 0 Å². The van der Waals surface area contributed by atoms with Crippen molar-refractivity contribution in [2.75, 3.05) is 6.61 Å². The lowest BCUT2D eigenvalue weighted by Gasteiger charge is -2.37. The van der Waals surface area contributed by atoms with Crippen molar-refractivity contribution in [3.8, 4) is 0 Å². The summed E-state index contributed by atoms with van der Waals surface area (Å²) in [5.74, 6) is -0.233. The summed E-state index contributed by atoms with van der Waals surface area (Å²) in [5, 5.41) is 18.0. The summed E-state index contributed by atoms with van der Waals surface area (Å²) in [7, 11) is 0. The van der Waals surface area contributed by atoms with E-state index in [1.54, 1.807) is 0 Å². The van der Waals surface area contributed by atoms with Gasteiger partial charge in [-0.3, -0.25) is 4.79 Å². The Labute approximate surface area is 78.8 Å². The van der Waals surface area contributed by atoms with Crippen LogP contribution in [0.15, 0.2) is 0 Å². The van der Waals surface area contributed by atoms with Crippen LogP contribution in [-0.4, -0.2) is 22.8 Å². The molecule has 0 radical (unpaired) electrons. The van der Waals surface area contributed by atoms with Crippen molar-refractivity contribution in [2.24, 2.45) is 11.3 Å². The van der Waals surface area contributed by atoms with Crippen molar-refractivity contribution in [2.45, 2.75) is 39.0 Å². The van der Waals surface area contributed by atoms with Gasteiger partial charge in [0.25, 0.3) is 0 Å². The minimum Gasteiger partial charge on any atom is -0.481 e. The van der Waals surface area contributed by atoms with Crippen LogP contribution in [0.3, 0.4) is 0 Å². The molecule has 3 heteroatoms. The fourth-order valence-corrected chi connectivity index (χ4v) is 2.45. The maximum Gasteiger partial charge on any atom is 0.303 e.